The molecule has 1 heterocycles. The number of hydrazone groups is 1. The molecule has 0 spiro atoms. The van der Waals surface area contributed by atoms with Crippen LogP contribution in [-0.2, 0) is 11.2 Å². The maximum atomic E-state index is 12.0. The molecule has 0 saturated carbocycles. The van der Waals surface area contributed by atoms with Gasteiger partial charge in [0.15, 0.2) is 0 Å². The first-order chi connectivity index (χ1) is 13.1. The fourth-order valence-electron chi connectivity index (χ4n) is 2.21. The van der Waals surface area contributed by atoms with Gasteiger partial charge in [-0.25, -0.2) is 5.43 Å². The Hall–Kier alpha value is -2.28. The molecule has 1 aromatic heterocycles. The van der Waals surface area contributed by atoms with Crippen molar-refractivity contribution >= 4 is 46.8 Å². The lowest BCUT2D eigenvalue weighted by Gasteiger charge is -2.02. The number of nitrogens with zero attached hydrogens (tertiary/aromatic N) is 1. The molecule has 0 unspecified atom stereocenters. The van der Waals surface area contributed by atoms with E-state index in [-0.39, 0.29) is 12.3 Å². The van der Waals surface area contributed by atoms with Crippen LogP contribution in [0.1, 0.15) is 10.4 Å². The highest BCUT2D eigenvalue weighted by molar-refractivity contribution is 8.01. The van der Waals surface area contributed by atoms with Gasteiger partial charge in [0.2, 0.25) is 5.91 Å². The van der Waals surface area contributed by atoms with E-state index in [4.69, 9.17) is 16.3 Å². The second kappa shape index (κ2) is 9.60. The molecule has 0 fully saturated rings. The second-order valence-electron chi connectivity index (χ2n) is 5.53. The van der Waals surface area contributed by atoms with E-state index in [1.807, 2.05) is 60.7 Å². The van der Waals surface area contributed by atoms with E-state index < -0.39 is 0 Å². The number of hydrogen-bond donors (Lipinski definition) is 1. The molecular formula is C20H17ClN2O2S2. The molecule has 138 valence electrons. The number of nitrogens with one attached hydrogen (secondary N) is 1. The van der Waals surface area contributed by atoms with Crippen LogP contribution in [0.3, 0.4) is 0 Å². The summed E-state index contributed by atoms with van der Waals surface area (Å²) in [6.45, 7) is 0. The van der Waals surface area contributed by atoms with Gasteiger partial charge in [-0.3, -0.25) is 4.79 Å². The molecule has 0 radical (unpaired) electrons. The Morgan fingerprint density at radius 3 is 2.59 bits per heavy atom. The van der Waals surface area contributed by atoms with Crippen molar-refractivity contribution in [1.29, 1.82) is 0 Å². The molecule has 0 saturated heterocycles. The minimum atomic E-state index is -0.163. The minimum Gasteiger partial charge on any atom is -0.497 e. The molecule has 4 nitrogen and oxygen atoms in total. The van der Waals surface area contributed by atoms with E-state index in [0.29, 0.717) is 0 Å². The zero-order valence-corrected chi connectivity index (χ0v) is 16.9. The summed E-state index contributed by atoms with van der Waals surface area (Å²) in [6, 6.07) is 19.1. The van der Waals surface area contributed by atoms with Gasteiger partial charge >= 0.3 is 0 Å². The Kier molecular flexibility index (Phi) is 6.92. The van der Waals surface area contributed by atoms with E-state index in [1.54, 1.807) is 36.4 Å². The van der Waals surface area contributed by atoms with Gasteiger partial charge in [0, 0.05) is 14.8 Å². The van der Waals surface area contributed by atoms with Crippen LogP contribution in [0.2, 0.25) is 5.02 Å². The molecule has 3 aromatic rings. The van der Waals surface area contributed by atoms with Crippen LogP contribution in [0.5, 0.6) is 5.75 Å². The Morgan fingerprint density at radius 2 is 1.89 bits per heavy atom. The van der Waals surface area contributed by atoms with Gasteiger partial charge in [-0.1, -0.05) is 35.5 Å². The molecule has 3 rings (SSSR count). The summed E-state index contributed by atoms with van der Waals surface area (Å²) in [5.74, 6) is 0.603. The van der Waals surface area contributed by atoms with Gasteiger partial charge < -0.3 is 4.74 Å². The number of halogens is 1. The molecular weight excluding hydrogens is 400 g/mol. The topological polar surface area (TPSA) is 50.7 Å². The van der Waals surface area contributed by atoms with Gasteiger partial charge in [-0.2, -0.15) is 5.10 Å². The number of rotatable bonds is 7. The van der Waals surface area contributed by atoms with E-state index in [0.717, 1.165) is 30.3 Å². The van der Waals surface area contributed by atoms with Crippen LogP contribution in [0.25, 0.3) is 0 Å². The van der Waals surface area contributed by atoms with Crippen molar-refractivity contribution < 1.29 is 9.53 Å². The van der Waals surface area contributed by atoms with E-state index >= 15 is 0 Å². The van der Waals surface area contributed by atoms with Crippen molar-refractivity contribution in [2.75, 3.05) is 7.11 Å². The zero-order valence-electron chi connectivity index (χ0n) is 14.5. The highest BCUT2D eigenvalue weighted by atomic mass is 35.5. The Labute approximate surface area is 171 Å². The fourth-order valence-corrected chi connectivity index (χ4v) is 4.33. The fraction of sp³-hybridized carbons (Fsp3) is 0.100. The number of hydrogen-bond acceptors (Lipinski definition) is 5. The highest BCUT2D eigenvalue weighted by Crippen LogP contribution is 2.33. The van der Waals surface area contributed by atoms with Gasteiger partial charge in [0.1, 0.15) is 5.75 Å². The highest BCUT2D eigenvalue weighted by Gasteiger charge is 2.04. The third-order valence-corrected chi connectivity index (χ3v) is 5.95. The van der Waals surface area contributed by atoms with Gasteiger partial charge in [-0.15, -0.1) is 11.3 Å². The predicted molar refractivity (Wildman–Crippen MR) is 112 cm³/mol. The SMILES string of the molecule is COc1ccc(CC(=O)N/N=C/c2ccc(Sc3ccc(Cl)cc3)s2)cc1. The standard InChI is InChI=1S/C20H17ClN2O2S2/c1-25-16-6-2-14(3-7-16)12-19(24)23-22-13-18-10-11-20(27-18)26-17-8-4-15(21)5-9-17/h2-11,13H,12H2,1H3,(H,23,24)/b22-13+. The number of methoxy groups -OCH3 is 1. The van der Waals surface area contributed by atoms with Crippen LogP contribution in [0.15, 0.2) is 74.9 Å². The smallest absolute Gasteiger partial charge is 0.244 e. The van der Waals surface area contributed by atoms with Crippen molar-refractivity contribution in [2.24, 2.45) is 5.10 Å². The number of carbonyl (C=O) groups is 1. The van der Waals surface area contributed by atoms with E-state index in [1.165, 1.54) is 0 Å². The second-order valence-corrected chi connectivity index (χ2v) is 8.46. The summed E-state index contributed by atoms with van der Waals surface area (Å²) in [5, 5.41) is 4.76. The van der Waals surface area contributed by atoms with Crippen LogP contribution in [0, 0.1) is 0 Å². The Bertz CT molecular complexity index is 922. The Balaban J connectivity index is 1.49. The molecule has 1 amide bonds. The van der Waals surface area contributed by atoms with Gasteiger partial charge in [0.05, 0.1) is 24.0 Å². The van der Waals surface area contributed by atoms with Crippen LogP contribution in [-0.4, -0.2) is 19.2 Å². The summed E-state index contributed by atoms with van der Waals surface area (Å²) in [5.41, 5.74) is 3.46. The first-order valence-electron chi connectivity index (χ1n) is 8.10. The third-order valence-electron chi connectivity index (χ3n) is 3.54. The first-order valence-corrected chi connectivity index (χ1v) is 10.1. The molecule has 27 heavy (non-hydrogen) atoms. The molecule has 7 heteroatoms. The maximum Gasteiger partial charge on any atom is 0.244 e. The first kappa shape index (κ1) is 19.5. The minimum absolute atomic E-state index is 0.163. The van der Waals surface area contributed by atoms with Crippen molar-refractivity contribution in [3.8, 4) is 5.75 Å². The molecule has 1 N–H and O–H groups in total. The van der Waals surface area contributed by atoms with Crippen LogP contribution in [0.4, 0.5) is 0 Å². The summed E-state index contributed by atoms with van der Waals surface area (Å²) < 4.78 is 6.24. The van der Waals surface area contributed by atoms with E-state index in [2.05, 4.69) is 10.5 Å². The largest absolute Gasteiger partial charge is 0.497 e. The average molecular weight is 417 g/mol. The lowest BCUT2D eigenvalue weighted by atomic mass is 10.1. The molecule has 0 aliphatic heterocycles. The number of carbonyl (C=O) groups excluding carboxylic acids is 1. The number of benzene rings is 2. The summed E-state index contributed by atoms with van der Waals surface area (Å²) in [6.07, 6.45) is 1.92. The number of ether oxygens (including phenoxy) is 1. The van der Waals surface area contributed by atoms with Crippen molar-refractivity contribution in [3.63, 3.8) is 0 Å². The quantitative estimate of drug-likeness (QED) is 0.422. The van der Waals surface area contributed by atoms with Crippen LogP contribution >= 0.6 is 34.7 Å². The van der Waals surface area contributed by atoms with Crippen molar-refractivity contribution in [3.05, 3.63) is 76.1 Å². The molecule has 0 aliphatic carbocycles. The summed E-state index contributed by atoms with van der Waals surface area (Å²) >= 11 is 9.17. The summed E-state index contributed by atoms with van der Waals surface area (Å²) in [7, 11) is 1.61. The molecule has 0 atom stereocenters. The lowest BCUT2D eigenvalue weighted by Crippen LogP contribution is -2.19. The molecule has 2 aromatic carbocycles. The van der Waals surface area contributed by atoms with E-state index in [9.17, 15) is 4.79 Å². The number of amides is 1. The summed E-state index contributed by atoms with van der Waals surface area (Å²) in [4.78, 5) is 14.1. The number of thiophene rings is 1. The monoisotopic (exact) mass is 416 g/mol. The Morgan fingerprint density at radius 1 is 1.15 bits per heavy atom. The predicted octanol–water partition coefficient (Wildman–Crippen LogP) is 5.25. The van der Waals surface area contributed by atoms with Gasteiger partial charge in [0.25, 0.3) is 0 Å². The van der Waals surface area contributed by atoms with Crippen LogP contribution < -0.4 is 10.2 Å². The normalized spacial score (nSPS) is 10.9. The van der Waals surface area contributed by atoms with Crippen molar-refractivity contribution in [1.82, 2.24) is 5.43 Å². The van der Waals surface area contributed by atoms with Gasteiger partial charge in [-0.05, 0) is 54.1 Å². The maximum absolute atomic E-state index is 12.0. The van der Waals surface area contributed by atoms with Crippen molar-refractivity contribution in [2.45, 2.75) is 15.5 Å². The molecule has 0 bridgehead atoms. The third kappa shape index (κ3) is 6.13. The zero-order chi connectivity index (χ0) is 19.1. The lowest BCUT2D eigenvalue weighted by molar-refractivity contribution is -0.120. The molecule has 0 aliphatic rings. The average Bonchev–Trinajstić information content (AvgIpc) is 3.11.